The molecule has 3 aromatic carbocycles. The molecule has 0 aromatic heterocycles. The molecule has 9 heteroatoms. The van der Waals surface area contributed by atoms with Crippen LogP contribution in [0.5, 0.6) is 0 Å². The van der Waals surface area contributed by atoms with Crippen molar-refractivity contribution in [3.05, 3.63) is 95.0 Å². The highest BCUT2D eigenvalue weighted by molar-refractivity contribution is 7.92. The van der Waals surface area contributed by atoms with Gasteiger partial charge in [0.2, 0.25) is 5.91 Å². The number of benzene rings is 3. The number of nitrogens with zero attached hydrogens (tertiary/aromatic N) is 2. The molecule has 3 aromatic rings. The predicted octanol–water partition coefficient (Wildman–Crippen LogP) is 3.68. The zero-order valence-corrected chi connectivity index (χ0v) is 20.8. The van der Waals surface area contributed by atoms with Gasteiger partial charge in [0.05, 0.1) is 23.8 Å². The predicted molar refractivity (Wildman–Crippen MR) is 137 cm³/mol. The third kappa shape index (κ3) is 6.82. The Kier molecular flexibility index (Phi) is 8.41. The Hall–Kier alpha value is -2.91. The molecule has 4 rings (SSSR count). The molecule has 0 bridgehead atoms. The van der Waals surface area contributed by atoms with E-state index in [1.54, 1.807) is 36.4 Å². The van der Waals surface area contributed by atoms with E-state index in [2.05, 4.69) is 22.3 Å². The molecule has 1 saturated heterocycles. The second-order valence-corrected chi connectivity index (χ2v) is 10.6. The summed E-state index contributed by atoms with van der Waals surface area (Å²) in [4.78, 5) is 15.3. The number of nitrogens with one attached hydrogen (secondary N) is 1. The van der Waals surface area contributed by atoms with Crippen LogP contribution in [-0.4, -0.2) is 52.1 Å². The minimum atomic E-state index is -3.97. The van der Waals surface area contributed by atoms with Crippen LogP contribution in [0.3, 0.4) is 0 Å². The van der Waals surface area contributed by atoms with Gasteiger partial charge in [-0.1, -0.05) is 60.1 Å². The molecule has 0 radical (unpaired) electrons. The average Bonchev–Trinajstić information content (AvgIpc) is 2.87. The maximum Gasteiger partial charge on any atom is 0.264 e. The SMILES string of the molecule is O=C(CN(c1cccc(Cl)c1)S(=O)(=O)c1ccccc1)NCc1cccc(CN2CCOCC2)c1. The second kappa shape index (κ2) is 11.7. The normalized spacial score (nSPS) is 14.4. The zero-order valence-electron chi connectivity index (χ0n) is 19.3. The van der Waals surface area contributed by atoms with Crippen LogP contribution in [0.2, 0.25) is 5.02 Å². The molecule has 0 saturated carbocycles. The molecule has 1 amide bonds. The highest BCUT2D eigenvalue weighted by atomic mass is 35.5. The molecule has 1 aliphatic heterocycles. The first-order valence-electron chi connectivity index (χ1n) is 11.4. The quantitative estimate of drug-likeness (QED) is 0.472. The Labute approximate surface area is 211 Å². The summed E-state index contributed by atoms with van der Waals surface area (Å²) in [7, 11) is -3.97. The summed E-state index contributed by atoms with van der Waals surface area (Å²) in [5.74, 6) is -0.414. The lowest BCUT2D eigenvalue weighted by Crippen LogP contribution is -2.40. The number of hydrogen-bond acceptors (Lipinski definition) is 5. The fourth-order valence-electron chi connectivity index (χ4n) is 3.91. The third-order valence-electron chi connectivity index (χ3n) is 5.71. The fraction of sp³-hybridized carbons (Fsp3) is 0.269. The molecule has 0 aliphatic carbocycles. The number of amides is 1. The lowest BCUT2D eigenvalue weighted by Gasteiger charge is -2.26. The van der Waals surface area contributed by atoms with Crippen LogP contribution in [0.1, 0.15) is 11.1 Å². The molecule has 1 N–H and O–H groups in total. The zero-order chi connectivity index (χ0) is 24.7. The van der Waals surface area contributed by atoms with Crippen molar-refractivity contribution < 1.29 is 17.9 Å². The van der Waals surface area contributed by atoms with Crippen LogP contribution >= 0.6 is 11.6 Å². The highest BCUT2D eigenvalue weighted by Crippen LogP contribution is 2.26. The van der Waals surface area contributed by atoms with Crippen molar-refractivity contribution in [2.24, 2.45) is 0 Å². The minimum Gasteiger partial charge on any atom is -0.379 e. The number of sulfonamides is 1. The van der Waals surface area contributed by atoms with Crippen LogP contribution in [-0.2, 0) is 32.6 Å². The van der Waals surface area contributed by atoms with Gasteiger partial charge in [-0.25, -0.2) is 8.42 Å². The van der Waals surface area contributed by atoms with E-state index >= 15 is 0 Å². The Balaban J connectivity index is 1.45. The van der Waals surface area contributed by atoms with E-state index in [1.165, 1.54) is 18.2 Å². The minimum absolute atomic E-state index is 0.101. The molecule has 184 valence electrons. The van der Waals surface area contributed by atoms with Gasteiger partial charge in [0, 0.05) is 31.2 Å². The molecular weight excluding hydrogens is 486 g/mol. The summed E-state index contributed by atoms with van der Waals surface area (Å²) in [6, 6.07) is 22.5. The maximum atomic E-state index is 13.4. The van der Waals surface area contributed by atoms with Gasteiger partial charge in [0.25, 0.3) is 10.0 Å². The molecular formula is C26H28ClN3O4S. The van der Waals surface area contributed by atoms with Crippen LogP contribution in [0.15, 0.2) is 83.8 Å². The van der Waals surface area contributed by atoms with Gasteiger partial charge in [-0.2, -0.15) is 0 Å². The van der Waals surface area contributed by atoms with Crippen molar-refractivity contribution in [1.29, 1.82) is 0 Å². The number of ether oxygens (including phenoxy) is 1. The van der Waals surface area contributed by atoms with E-state index in [-0.39, 0.29) is 11.4 Å². The van der Waals surface area contributed by atoms with Crippen molar-refractivity contribution in [1.82, 2.24) is 10.2 Å². The van der Waals surface area contributed by atoms with Crippen LogP contribution in [0.25, 0.3) is 0 Å². The Bertz CT molecular complexity index is 1250. The Morgan fingerprint density at radius 1 is 0.943 bits per heavy atom. The topological polar surface area (TPSA) is 79.0 Å². The number of morpholine rings is 1. The number of hydrogen-bond donors (Lipinski definition) is 1. The summed E-state index contributed by atoms with van der Waals surface area (Å²) >= 11 is 6.11. The van der Waals surface area contributed by atoms with E-state index in [9.17, 15) is 13.2 Å². The van der Waals surface area contributed by atoms with Gasteiger partial charge in [0.15, 0.2) is 0 Å². The van der Waals surface area contributed by atoms with E-state index in [0.717, 1.165) is 48.3 Å². The standard InChI is InChI=1S/C26H28ClN3O4S/c27-23-8-5-9-24(17-23)30(35(32,33)25-10-2-1-3-11-25)20-26(31)28-18-21-6-4-7-22(16-21)19-29-12-14-34-15-13-29/h1-11,16-17H,12-15,18-20H2,(H,28,31). The van der Waals surface area contributed by atoms with Crippen molar-refractivity contribution in [2.45, 2.75) is 18.0 Å². The summed E-state index contributed by atoms with van der Waals surface area (Å²) in [5.41, 5.74) is 2.43. The number of rotatable bonds is 9. The largest absolute Gasteiger partial charge is 0.379 e. The average molecular weight is 514 g/mol. The fourth-order valence-corrected chi connectivity index (χ4v) is 5.53. The third-order valence-corrected chi connectivity index (χ3v) is 7.73. The van der Waals surface area contributed by atoms with E-state index in [1.807, 2.05) is 12.1 Å². The Morgan fingerprint density at radius 3 is 2.40 bits per heavy atom. The summed E-state index contributed by atoms with van der Waals surface area (Å²) in [6.07, 6.45) is 0. The monoisotopic (exact) mass is 513 g/mol. The maximum absolute atomic E-state index is 13.4. The summed E-state index contributed by atoms with van der Waals surface area (Å²) in [5, 5.41) is 3.24. The summed E-state index contributed by atoms with van der Waals surface area (Å²) < 4.78 is 33.2. The second-order valence-electron chi connectivity index (χ2n) is 8.29. The molecule has 1 aliphatic rings. The molecule has 0 spiro atoms. The first-order chi connectivity index (χ1) is 16.9. The van der Waals surface area contributed by atoms with E-state index < -0.39 is 15.9 Å². The number of anilines is 1. The molecule has 1 fully saturated rings. The van der Waals surface area contributed by atoms with Gasteiger partial charge in [-0.15, -0.1) is 0 Å². The van der Waals surface area contributed by atoms with Crippen LogP contribution in [0.4, 0.5) is 5.69 Å². The lowest BCUT2D eigenvalue weighted by atomic mass is 10.1. The summed E-state index contributed by atoms with van der Waals surface area (Å²) in [6.45, 7) is 4.03. The van der Waals surface area contributed by atoms with Crippen molar-refractivity contribution in [2.75, 3.05) is 37.2 Å². The number of halogens is 1. The molecule has 1 heterocycles. The van der Waals surface area contributed by atoms with Gasteiger partial charge < -0.3 is 10.1 Å². The smallest absolute Gasteiger partial charge is 0.264 e. The van der Waals surface area contributed by atoms with Gasteiger partial charge in [0.1, 0.15) is 6.54 Å². The molecule has 0 atom stereocenters. The van der Waals surface area contributed by atoms with Crippen molar-refractivity contribution in [3.63, 3.8) is 0 Å². The van der Waals surface area contributed by atoms with E-state index in [0.29, 0.717) is 17.3 Å². The van der Waals surface area contributed by atoms with Crippen molar-refractivity contribution >= 4 is 33.2 Å². The first-order valence-corrected chi connectivity index (χ1v) is 13.2. The van der Waals surface area contributed by atoms with E-state index in [4.69, 9.17) is 16.3 Å². The molecule has 7 nitrogen and oxygen atoms in total. The molecule has 35 heavy (non-hydrogen) atoms. The van der Waals surface area contributed by atoms with Gasteiger partial charge >= 0.3 is 0 Å². The highest BCUT2D eigenvalue weighted by Gasteiger charge is 2.27. The Morgan fingerprint density at radius 2 is 1.66 bits per heavy atom. The van der Waals surface area contributed by atoms with Crippen LogP contribution < -0.4 is 9.62 Å². The lowest BCUT2D eigenvalue weighted by molar-refractivity contribution is -0.119. The number of carbonyl (C=O) groups is 1. The van der Waals surface area contributed by atoms with Gasteiger partial charge in [-0.3, -0.25) is 14.0 Å². The number of carbonyl (C=O) groups excluding carboxylic acids is 1. The van der Waals surface area contributed by atoms with Crippen LogP contribution in [0, 0.1) is 0 Å². The van der Waals surface area contributed by atoms with Crippen molar-refractivity contribution in [3.8, 4) is 0 Å². The van der Waals surface area contributed by atoms with Gasteiger partial charge in [-0.05, 0) is 41.5 Å². The molecule has 0 unspecified atom stereocenters. The first kappa shape index (κ1) is 25.2.